The average molecular weight is 599 g/mol. The fraction of sp³-hybridized carbons (Fsp3) is 0. The van der Waals surface area contributed by atoms with Crippen LogP contribution < -0.4 is 0 Å². The minimum Gasteiger partial charge on any atom is -0.456 e. The standard InChI is InChI=1S/C39H23ClN4O/c40-31-15-9-17-35-36(31)30-23-27(19-21-34(30)45-35)26-18-20-33-29(22-26)28-14-7-8-16-32(28)44(33)39-42-37(24-10-3-1-4-11-24)41-38(43-39)25-12-5-2-6-13-25/h1-23H. The van der Waals surface area contributed by atoms with E-state index in [1.165, 1.54) is 0 Å². The maximum atomic E-state index is 6.60. The van der Waals surface area contributed by atoms with Crippen molar-refractivity contribution in [3.8, 4) is 39.9 Å². The van der Waals surface area contributed by atoms with Crippen molar-refractivity contribution in [1.82, 2.24) is 19.5 Å². The van der Waals surface area contributed by atoms with Crippen molar-refractivity contribution in [2.75, 3.05) is 0 Å². The van der Waals surface area contributed by atoms with Crippen LogP contribution in [0.2, 0.25) is 5.02 Å². The lowest BCUT2D eigenvalue weighted by Crippen LogP contribution is -2.06. The first-order valence-electron chi connectivity index (χ1n) is 14.7. The zero-order valence-electron chi connectivity index (χ0n) is 23.9. The van der Waals surface area contributed by atoms with Crippen molar-refractivity contribution < 1.29 is 4.42 Å². The number of para-hydroxylation sites is 1. The molecule has 5 nitrogen and oxygen atoms in total. The smallest absolute Gasteiger partial charge is 0.238 e. The van der Waals surface area contributed by atoms with Gasteiger partial charge in [0.15, 0.2) is 11.6 Å². The van der Waals surface area contributed by atoms with E-state index in [4.69, 9.17) is 31.0 Å². The molecule has 0 saturated carbocycles. The Morgan fingerprint density at radius 3 is 1.82 bits per heavy atom. The van der Waals surface area contributed by atoms with E-state index in [0.717, 1.165) is 66.0 Å². The Morgan fingerprint density at radius 2 is 1.09 bits per heavy atom. The van der Waals surface area contributed by atoms with Crippen LogP contribution in [0.1, 0.15) is 0 Å². The summed E-state index contributed by atoms with van der Waals surface area (Å²) in [4.78, 5) is 15.0. The highest BCUT2D eigenvalue weighted by molar-refractivity contribution is 6.37. The first-order chi connectivity index (χ1) is 22.2. The van der Waals surface area contributed by atoms with E-state index in [-0.39, 0.29) is 0 Å². The monoisotopic (exact) mass is 598 g/mol. The van der Waals surface area contributed by atoms with E-state index in [2.05, 4.69) is 59.2 Å². The molecule has 0 fully saturated rings. The minimum atomic E-state index is 0.572. The Bertz CT molecular complexity index is 2500. The molecule has 6 aromatic carbocycles. The first kappa shape index (κ1) is 25.7. The Kier molecular flexibility index (Phi) is 5.80. The van der Waals surface area contributed by atoms with E-state index in [1.807, 2.05) is 84.9 Å². The molecule has 3 heterocycles. The molecule has 0 radical (unpaired) electrons. The van der Waals surface area contributed by atoms with Crippen LogP contribution in [-0.4, -0.2) is 19.5 Å². The quantitative estimate of drug-likeness (QED) is 0.202. The minimum absolute atomic E-state index is 0.572. The largest absolute Gasteiger partial charge is 0.456 e. The Labute approximate surface area is 263 Å². The summed E-state index contributed by atoms with van der Waals surface area (Å²) in [5.41, 5.74) is 7.69. The maximum absolute atomic E-state index is 6.60. The van der Waals surface area contributed by atoms with E-state index in [1.54, 1.807) is 0 Å². The van der Waals surface area contributed by atoms with Gasteiger partial charge in [-0.25, -0.2) is 4.98 Å². The molecule has 0 N–H and O–H groups in total. The van der Waals surface area contributed by atoms with Gasteiger partial charge < -0.3 is 4.42 Å². The van der Waals surface area contributed by atoms with E-state index < -0.39 is 0 Å². The van der Waals surface area contributed by atoms with Gasteiger partial charge in [0.1, 0.15) is 11.2 Å². The molecule has 0 unspecified atom stereocenters. The number of benzene rings is 6. The van der Waals surface area contributed by atoms with E-state index in [0.29, 0.717) is 22.6 Å². The van der Waals surface area contributed by atoms with Gasteiger partial charge in [-0.1, -0.05) is 109 Å². The van der Waals surface area contributed by atoms with Gasteiger partial charge >= 0.3 is 0 Å². The number of furan rings is 1. The molecule has 9 aromatic rings. The SMILES string of the molecule is Clc1cccc2oc3ccc(-c4ccc5c(c4)c4ccccc4n5-c4nc(-c5ccccc5)nc(-c5ccccc5)n4)cc3c12. The first-order valence-corrected chi connectivity index (χ1v) is 15.1. The van der Waals surface area contributed by atoms with Gasteiger partial charge in [-0.2, -0.15) is 9.97 Å². The summed E-state index contributed by atoms with van der Waals surface area (Å²) in [7, 11) is 0. The Hall–Kier alpha value is -5.78. The molecule has 45 heavy (non-hydrogen) atoms. The summed E-state index contributed by atoms with van der Waals surface area (Å²) in [6, 6.07) is 47.1. The zero-order valence-corrected chi connectivity index (χ0v) is 24.6. The van der Waals surface area contributed by atoms with Crippen LogP contribution in [0.15, 0.2) is 144 Å². The molecule has 0 aliphatic carbocycles. The summed E-state index contributed by atoms with van der Waals surface area (Å²) in [6.07, 6.45) is 0. The molecular formula is C39H23ClN4O. The highest BCUT2D eigenvalue weighted by Gasteiger charge is 2.19. The second-order valence-corrected chi connectivity index (χ2v) is 11.4. The molecule has 6 heteroatoms. The topological polar surface area (TPSA) is 56.7 Å². The van der Waals surface area contributed by atoms with Crippen molar-refractivity contribution in [2.45, 2.75) is 0 Å². The van der Waals surface area contributed by atoms with Crippen molar-refractivity contribution in [1.29, 1.82) is 0 Å². The van der Waals surface area contributed by atoms with E-state index in [9.17, 15) is 0 Å². The lowest BCUT2D eigenvalue weighted by Gasteiger charge is -2.11. The molecular weight excluding hydrogens is 576 g/mol. The lowest BCUT2D eigenvalue weighted by atomic mass is 10.0. The van der Waals surface area contributed by atoms with Crippen molar-refractivity contribution in [3.05, 3.63) is 145 Å². The van der Waals surface area contributed by atoms with Crippen LogP contribution in [0, 0.1) is 0 Å². The zero-order chi connectivity index (χ0) is 29.9. The van der Waals surface area contributed by atoms with Crippen LogP contribution in [0.5, 0.6) is 0 Å². The van der Waals surface area contributed by atoms with Gasteiger partial charge in [0.2, 0.25) is 5.95 Å². The van der Waals surface area contributed by atoms with Crippen LogP contribution >= 0.6 is 11.6 Å². The number of halogens is 1. The molecule has 212 valence electrons. The van der Waals surface area contributed by atoms with Crippen molar-refractivity contribution in [3.63, 3.8) is 0 Å². The summed E-state index contributed by atoms with van der Waals surface area (Å²) < 4.78 is 8.22. The lowest BCUT2D eigenvalue weighted by molar-refractivity contribution is 0.669. The van der Waals surface area contributed by atoms with E-state index >= 15 is 0 Å². The third kappa shape index (κ3) is 4.20. The third-order valence-corrected chi connectivity index (χ3v) is 8.65. The van der Waals surface area contributed by atoms with Gasteiger partial charge in [0.25, 0.3) is 0 Å². The molecule has 0 spiro atoms. The molecule has 0 aliphatic heterocycles. The number of rotatable bonds is 4. The number of aromatic nitrogens is 4. The third-order valence-electron chi connectivity index (χ3n) is 8.34. The molecule has 0 amide bonds. The Morgan fingerprint density at radius 1 is 0.467 bits per heavy atom. The number of fused-ring (bicyclic) bond motifs is 6. The number of hydrogen-bond donors (Lipinski definition) is 0. The summed E-state index contributed by atoms with van der Waals surface area (Å²) >= 11 is 6.60. The fourth-order valence-electron chi connectivity index (χ4n) is 6.23. The summed E-state index contributed by atoms with van der Waals surface area (Å²) in [6.45, 7) is 0. The van der Waals surface area contributed by atoms with Crippen LogP contribution in [0.3, 0.4) is 0 Å². The molecule has 0 atom stereocenters. The highest BCUT2D eigenvalue weighted by Crippen LogP contribution is 2.38. The van der Waals surface area contributed by atoms with Gasteiger partial charge in [-0.3, -0.25) is 4.57 Å². The molecule has 0 bridgehead atoms. The average Bonchev–Trinajstić information content (AvgIpc) is 3.64. The number of nitrogens with zero attached hydrogens (tertiary/aromatic N) is 4. The molecule has 0 saturated heterocycles. The second kappa shape index (κ2) is 10.2. The normalized spacial score (nSPS) is 11.7. The fourth-order valence-corrected chi connectivity index (χ4v) is 6.50. The predicted molar refractivity (Wildman–Crippen MR) is 183 cm³/mol. The van der Waals surface area contributed by atoms with Gasteiger partial charge in [-0.05, 0) is 53.6 Å². The van der Waals surface area contributed by atoms with Crippen LogP contribution in [0.4, 0.5) is 0 Å². The van der Waals surface area contributed by atoms with Crippen LogP contribution in [0.25, 0.3) is 83.6 Å². The highest BCUT2D eigenvalue weighted by atomic mass is 35.5. The van der Waals surface area contributed by atoms with Crippen molar-refractivity contribution in [2.24, 2.45) is 0 Å². The molecule has 0 aliphatic rings. The van der Waals surface area contributed by atoms with Gasteiger partial charge in [0, 0.05) is 32.7 Å². The predicted octanol–water partition coefficient (Wildman–Crippen LogP) is 10.5. The molecule has 9 rings (SSSR count). The summed E-state index contributed by atoms with van der Waals surface area (Å²) in [5, 5.41) is 4.86. The van der Waals surface area contributed by atoms with Crippen LogP contribution in [-0.2, 0) is 0 Å². The van der Waals surface area contributed by atoms with Gasteiger partial charge in [0.05, 0.1) is 16.1 Å². The van der Waals surface area contributed by atoms with Gasteiger partial charge in [-0.15, -0.1) is 0 Å². The number of hydrogen-bond acceptors (Lipinski definition) is 4. The van der Waals surface area contributed by atoms with Crippen molar-refractivity contribution >= 4 is 55.3 Å². The maximum Gasteiger partial charge on any atom is 0.238 e. The second-order valence-electron chi connectivity index (χ2n) is 11.0. The Balaban J connectivity index is 1.27. The summed E-state index contributed by atoms with van der Waals surface area (Å²) in [5.74, 6) is 1.82. The molecule has 3 aromatic heterocycles.